The van der Waals surface area contributed by atoms with Crippen LogP contribution >= 0.6 is 27.5 Å². The van der Waals surface area contributed by atoms with Crippen molar-refractivity contribution in [2.24, 2.45) is 0 Å². The van der Waals surface area contributed by atoms with Crippen LogP contribution in [0.4, 0.5) is 5.95 Å². The van der Waals surface area contributed by atoms with Crippen molar-refractivity contribution in [2.45, 2.75) is 6.04 Å². The molecule has 0 amide bonds. The van der Waals surface area contributed by atoms with Crippen LogP contribution in [0.1, 0.15) is 11.6 Å². The molecule has 18 heavy (non-hydrogen) atoms. The number of benzene rings is 1. The maximum Gasteiger partial charge on any atom is 0.223 e. The highest BCUT2D eigenvalue weighted by Crippen LogP contribution is 2.19. The Morgan fingerprint density at radius 1 is 1.22 bits per heavy atom. The fourth-order valence-electron chi connectivity index (χ4n) is 1.47. The van der Waals surface area contributed by atoms with Gasteiger partial charge < -0.3 is 10.4 Å². The molecule has 4 nitrogen and oxygen atoms in total. The average Bonchev–Trinajstić information content (AvgIpc) is 2.39. The van der Waals surface area contributed by atoms with Gasteiger partial charge in [0.15, 0.2) is 0 Å². The Labute approximate surface area is 118 Å². The third-order valence-electron chi connectivity index (χ3n) is 2.38. The number of halogens is 2. The van der Waals surface area contributed by atoms with Crippen LogP contribution in [-0.4, -0.2) is 21.7 Å². The second-order valence-electron chi connectivity index (χ2n) is 3.66. The Kier molecular flexibility index (Phi) is 4.52. The molecule has 1 unspecified atom stereocenters. The molecule has 2 N–H and O–H groups in total. The highest BCUT2D eigenvalue weighted by molar-refractivity contribution is 9.10. The van der Waals surface area contributed by atoms with Crippen molar-refractivity contribution in [1.29, 1.82) is 0 Å². The fraction of sp³-hybridized carbons (Fsp3) is 0.167. The molecule has 2 rings (SSSR count). The highest BCUT2D eigenvalue weighted by atomic mass is 79.9. The van der Waals surface area contributed by atoms with Crippen molar-refractivity contribution in [3.05, 3.63) is 51.7 Å². The van der Waals surface area contributed by atoms with E-state index in [-0.39, 0.29) is 12.6 Å². The van der Waals surface area contributed by atoms with Gasteiger partial charge in [-0.25, -0.2) is 9.97 Å². The quantitative estimate of drug-likeness (QED) is 0.906. The molecule has 0 fully saturated rings. The fourth-order valence-corrected chi connectivity index (χ4v) is 1.80. The van der Waals surface area contributed by atoms with Crippen LogP contribution in [-0.2, 0) is 0 Å². The molecule has 1 atom stereocenters. The summed E-state index contributed by atoms with van der Waals surface area (Å²) in [5.41, 5.74) is 0.924. The normalized spacial score (nSPS) is 12.2. The molecule has 0 aliphatic rings. The van der Waals surface area contributed by atoms with Gasteiger partial charge in [0, 0.05) is 17.4 Å². The second-order valence-corrected chi connectivity index (χ2v) is 5.01. The number of aliphatic hydroxyl groups excluding tert-OH is 1. The zero-order valence-corrected chi connectivity index (χ0v) is 11.7. The Balaban J connectivity index is 2.14. The number of hydrogen-bond acceptors (Lipinski definition) is 4. The molecule has 0 aliphatic heterocycles. The minimum atomic E-state index is -0.261. The van der Waals surface area contributed by atoms with Gasteiger partial charge in [-0.05, 0) is 33.6 Å². The molecule has 0 bridgehead atoms. The molecule has 0 saturated carbocycles. The summed E-state index contributed by atoms with van der Waals surface area (Å²) in [6.07, 6.45) is 3.29. The summed E-state index contributed by atoms with van der Waals surface area (Å²) < 4.78 is 0.806. The summed E-state index contributed by atoms with van der Waals surface area (Å²) in [6.45, 7) is -0.0545. The monoisotopic (exact) mass is 327 g/mol. The van der Waals surface area contributed by atoms with Gasteiger partial charge in [0.25, 0.3) is 0 Å². The van der Waals surface area contributed by atoms with Crippen LogP contribution in [0.25, 0.3) is 0 Å². The zero-order valence-electron chi connectivity index (χ0n) is 9.35. The zero-order chi connectivity index (χ0) is 13.0. The van der Waals surface area contributed by atoms with Gasteiger partial charge in [-0.15, -0.1) is 0 Å². The third kappa shape index (κ3) is 3.41. The molecular weight excluding hydrogens is 318 g/mol. The maximum atomic E-state index is 9.40. The highest BCUT2D eigenvalue weighted by Gasteiger charge is 2.11. The van der Waals surface area contributed by atoms with E-state index in [2.05, 4.69) is 31.2 Å². The lowest BCUT2D eigenvalue weighted by Gasteiger charge is -2.16. The van der Waals surface area contributed by atoms with E-state index in [4.69, 9.17) is 11.6 Å². The second kappa shape index (κ2) is 6.13. The van der Waals surface area contributed by atoms with Crippen LogP contribution < -0.4 is 5.32 Å². The molecule has 2 aromatic rings. The summed E-state index contributed by atoms with van der Waals surface area (Å²) in [5, 5.41) is 13.1. The Morgan fingerprint density at radius 2 is 1.83 bits per heavy atom. The van der Waals surface area contributed by atoms with Gasteiger partial charge in [-0.1, -0.05) is 23.7 Å². The van der Waals surface area contributed by atoms with Gasteiger partial charge in [0.05, 0.1) is 17.1 Å². The SMILES string of the molecule is OCC(Nc1ncc(Br)cn1)c1ccc(Cl)cc1. The first-order valence-electron chi connectivity index (χ1n) is 5.29. The molecule has 0 spiro atoms. The number of aromatic nitrogens is 2. The molecule has 1 heterocycles. The largest absolute Gasteiger partial charge is 0.394 e. The van der Waals surface area contributed by atoms with Crippen molar-refractivity contribution in [3.63, 3.8) is 0 Å². The Bertz CT molecular complexity index is 504. The average molecular weight is 329 g/mol. The summed E-state index contributed by atoms with van der Waals surface area (Å²) >= 11 is 9.09. The van der Waals surface area contributed by atoms with Crippen molar-refractivity contribution in [1.82, 2.24) is 9.97 Å². The van der Waals surface area contributed by atoms with Crippen molar-refractivity contribution in [3.8, 4) is 0 Å². The standard InChI is InChI=1S/C12H11BrClN3O/c13-9-5-15-12(16-6-9)17-11(7-18)8-1-3-10(14)4-2-8/h1-6,11,18H,7H2,(H,15,16,17). The predicted octanol–water partition coefficient (Wildman–Crippen LogP) is 3.04. The minimum absolute atomic E-state index is 0.0545. The van der Waals surface area contributed by atoms with Crippen molar-refractivity contribution < 1.29 is 5.11 Å². The van der Waals surface area contributed by atoms with E-state index in [9.17, 15) is 5.11 Å². The minimum Gasteiger partial charge on any atom is -0.394 e. The first-order valence-corrected chi connectivity index (χ1v) is 6.46. The van der Waals surface area contributed by atoms with Crippen LogP contribution in [0.3, 0.4) is 0 Å². The van der Waals surface area contributed by atoms with E-state index in [0.717, 1.165) is 10.0 Å². The van der Waals surface area contributed by atoms with Crippen molar-refractivity contribution >= 4 is 33.5 Å². The van der Waals surface area contributed by atoms with Gasteiger partial charge in [-0.2, -0.15) is 0 Å². The summed E-state index contributed by atoms with van der Waals surface area (Å²) in [6, 6.07) is 7.01. The molecular formula is C12H11BrClN3O. The first kappa shape index (κ1) is 13.3. The number of nitrogens with one attached hydrogen (secondary N) is 1. The van der Waals surface area contributed by atoms with E-state index in [1.165, 1.54) is 0 Å². The van der Waals surface area contributed by atoms with Gasteiger partial charge in [-0.3, -0.25) is 0 Å². The lowest BCUT2D eigenvalue weighted by atomic mass is 10.1. The van der Waals surface area contributed by atoms with Gasteiger partial charge in [0.1, 0.15) is 0 Å². The third-order valence-corrected chi connectivity index (χ3v) is 3.04. The van der Waals surface area contributed by atoms with Crippen LogP contribution in [0, 0.1) is 0 Å². The molecule has 1 aromatic carbocycles. The van der Waals surface area contributed by atoms with Crippen LogP contribution in [0.15, 0.2) is 41.1 Å². The van der Waals surface area contributed by atoms with E-state index < -0.39 is 0 Å². The van der Waals surface area contributed by atoms with Gasteiger partial charge >= 0.3 is 0 Å². The number of hydrogen-bond donors (Lipinski definition) is 2. The maximum absolute atomic E-state index is 9.40. The summed E-state index contributed by atoms with van der Waals surface area (Å²) in [4.78, 5) is 8.21. The Morgan fingerprint density at radius 3 is 2.39 bits per heavy atom. The van der Waals surface area contributed by atoms with Gasteiger partial charge in [0.2, 0.25) is 5.95 Å². The van der Waals surface area contributed by atoms with Crippen LogP contribution in [0.5, 0.6) is 0 Å². The lowest BCUT2D eigenvalue weighted by Crippen LogP contribution is -2.16. The van der Waals surface area contributed by atoms with E-state index in [1.54, 1.807) is 24.5 Å². The smallest absolute Gasteiger partial charge is 0.223 e. The molecule has 0 radical (unpaired) electrons. The van der Waals surface area contributed by atoms with E-state index in [0.29, 0.717) is 11.0 Å². The number of anilines is 1. The first-order chi connectivity index (χ1) is 8.69. The molecule has 0 saturated heterocycles. The number of rotatable bonds is 4. The summed E-state index contributed by atoms with van der Waals surface area (Å²) in [7, 11) is 0. The predicted molar refractivity (Wildman–Crippen MR) is 74.6 cm³/mol. The topological polar surface area (TPSA) is 58.0 Å². The molecule has 1 aromatic heterocycles. The van der Waals surface area contributed by atoms with Crippen molar-refractivity contribution in [2.75, 3.05) is 11.9 Å². The summed E-state index contributed by atoms with van der Waals surface area (Å²) in [5.74, 6) is 0.465. The molecule has 0 aliphatic carbocycles. The Hall–Kier alpha value is -1.17. The molecule has 6 heteroatoms. The number of nitrogens with zero attached hydrogens (tertiary/aromatic N) is 2. The van der Waals surface area contributed by atoms with E-state index >= 15 is 0 Å². The van der Waals surface area contributed by atoms with Crippen LogP contribution in [0.2, 0.25) is 5.02 Å². The van der Waals surface area contributed by atoms with E-state index in [1.807, 2.05) is 12.1 Å². The number of aliphatic hydroxyl groups is 1. The molecule has 94 valence electrons. The lowest BCUT2D eigenvalue weighted by molar-refractivity contribution is 0.276.